The second kappa shape index (κ2) is 8.11. The smallest absolute Gasteiger partial charge is 0.124 e. The topological polar surface area (TPSA) is 47.3 Å². The van der Waals surface area contributed by atoms with Crippen molar-refractivity contribution in [3.63, 3.8) is 0 Å². The third kappa shape index (κ3) is 4.00. The highest BCUT2D eigenvalue weighted by molar-refractivity contribution is 5.35. The van der Waals surface area contributed by atoms with E-state index in [0.29, 0.717) is 12.5 Å². The van der Waals surface area contributed by atoms with Crippen LogP contribution in [0, 0.1) is 5.92 Å². The van der Waals surface area contributed by atoms with Gasteiger partial charge in [-0.15, -0.1) is 0 Å². The fourth-order valence-electron chi connectivity index (χ4n) is 2.30. The van der Waals surface area contributed by atoms with Crippen molar-refractivity contribution in [1.82, 2.24) is 5.43 Å². The molecule has 3 heteroatoms. The highest BCUT2D eigenvalue weighted by atomic mass is 16.5. The molecule has 0 aliphatic carbocycles. The van der Waals surface area contributed by atoms with Gasteiger partial charge in [-0.3, -0.25) is 11.3 Å². The molecular weight excluding hydrogens is 224 g/mol. The van der Waals surface area contributed by atoms with Gasteiger partial charge in [-0.25, -0.2) is 0 Å². The fraction of sp³-hybridized carbons (Fsp3) is 0.600. The van der Waals surface area contributed by atoms with E-state index < -0.39 is 0 Å². The number of nitrogens with one attached hydrogen (secondary N) is 1. The lowest BCUT2D eigenvalue weighted by atomic mass is 9.91. The van der Waals surface area contributed by atoms with E-state index in [2.05, 4.69) is 25.3 Å². The van der Waals surface area contributed by atoms with Gasteiger partial charge in [-0.05, 0) is 25.3 Å². The number of nitrogens with two attached hydrogens (primary N) is 1. The van der Waals surface area contributed by atoms with Crippen molar-refractivity contribution in [2.45, 2.75) is 46.1 Å². The lowest BCUT2D eigenvalue weighted by molar-refractivity contribution is 0.320. The first-order chi connectivity index (χ1) is 8.76. The highest BCUT2D eigenvalue weighted by Gasteiger charge is 2.18. The molecule has 1 unspecified atom stereocenters. The molecule has 0 aromatic heterocycles. The molecule has 0 bridgehead atoms. The maximum atomic E-state index is 5.72. The van der Waals surface area contributed by atoms with Crippen molar-refractivity contribution in [3.05, 3.63) is 29.8 Å². The molecule has 0 amide bonds. The van der Waals surface area contributed by atoms with Crippen LogP contribution in [0.3, 0.4) is 0 Å². The van der Waals surface area contributed by atoms with E-state index in [4.69, 9.17) is 10.6 Å². The molecule has 0 aliphatic heterocycles. The Kier molecular flexibility index (Phi) is 6.76. The van der Waals surface area contributed by atoms with Crippen LogP contribution in [0.2, 0.25) is 0 Å². The summed E-state index contributed by atoms with van der Waals surface area (Å²) in [6.07, 6.45) is 3.42. The van der Waals surface area contributed by atoms with Crippen molar-refractivity contribution < 1.29 is 4.74 Å². The van der Waals surface area contributed by atoms with Gasteiger partial charge in [0.05, 0.1) is 6.61 Å². The van der Waals surface area contributed by atoms with Gasteiger partial charge in [0.15, 0.2) is 0 Å². The average Bonchev–Trinajstić information content (AvgIpc) is 2.42. The number of rotatable bonds is 8. The molecule has 1 atom stereocenters. The van der Waals surface area contributed by atoms with E-state index in [1.165, 1.54) is 12.8 Å². The molecule has 18 heavy (non-hydrogen) atoms. The molecule has 0 saturated heterocycles. The van der Waals surface area contributed by atoms with E-state index in [0.717, 1.165) is 17.7 Å². The predicted molar refractivity (Wildman–Crippen MR) is 76.4 cm³/mol. The lowest BCUT2D eigenvalue weighted by Crippen LogP contribution is -2.30. The molecule has 1 aromatic carbocycles. The monoisotopic (exact) mass is 250 g/mol. The number of hydrogen-bond acceptors (Lipinski definition) is 3. The standard InChI is InChI=1S/C15H26N2O/c1-4-12(5-2)11-14(17-16)13-9-7-8-10-15(13)18-6-3/h7-10,12,14,17H,4-6,11,16H2,1-3H3. The Morgan fingerprint density at radius 3 is 2.39 bits per heavy atom. The highest BCUT2D eigenvalue weighted by Crippen LogP contribution is 2.30. The minimum Gasteiger partial charge on any atom is -0.494 e. The molecule has 0 heterocycles. The van der Waals surface area contributed by atoms with Crippen molar-refractivity contribution in [2.75, 3.05) is 6.61 Å². The molecule has 3 nitrogen and oxygen atoms in total. The van der Waals surface area contributed by atoms with Crippen LogP contribution in [0.5, 0.6) is 5.75 Å². The van der Waals surface area contributed by atoms with Gasteiger partial charge < -0.3 is 4.74 Å². The third-order valence-electron chi connectivity index (χ3n) is 3.52. The van der Waals surface area contributed by atoms with Gasteiger partial charge >= 0.3 is 0 Å². The van der Waals surface area contributed by atoms with Gasteiger partial charge in [0, 0.05) is 11.6 Å². The molecule has 0 radical (unpaired) electrons. The van der Waals surface area contributed by atoms with Gasteiger partial charge in [-0.2, -0.15) is 0 Å². The summed E-state index contributed by atoms with van der Waals surface area (Å²) in [5.74, 6) is 7.36. The zero-order valence-corrected chi connectivity index (χ0v) is 11.8. The summed E-state index contributed by atoms with van der Waals surface area (Å²) < 4.78 is 5.67. The molecule has 0 saturated carbocycles. The van der Waals surface area contributed by atoms with Crippen LogP contribution in [0.1, 0.15) is 51.6 Å². The summed E-state index contributed by atoms with van der Waals surface area (Å²) in [7, 11) is 0. The van der Waals surface area contributed by atoms with Crippen molar-refractivity contribution >= 4 is 0 Å². The Labute approximate surface area is 111 Å². The van der Waals surface area contributed by atoms with E-state index in [1.54, 1.807) is 0 Å². The minimum absolute atomic E-state index is 0.164. The van der Waals surface area contributed by atoms with Crippen molar-refractivity contribution in [1.29, 1.82) is 0 Å². The molecular formula is C15H26N2O. The van der Waals surface area contributed by atoms with Gasteiger partial charge in [0.2, 0.25) is 0 Å². The van der Waals surface area contributed by atoms with Crippen LogP contribution < -0.4 is 16.0 Å². The zero-order valence-electron chi connectivity index (χ0n) is 11.8. The first-order valence-corrected chi connectivity index (χ1v) is 6.94. The van der Waals surface area contributed by atoms with Crippen molar-refractivity contribution in [3.8, 4) is 5.75 Å². The molecule has 0 spiro atoms. The van der Waals surface area contributed by atoms with Crippen molar-refractivity contribution in [2.24, 2.45) is 11.8 Å². The van der Waals surface area contributed by atoms with E-state index in [1.807, 2.05) is 25.1 Å². The van der Waals surface area contributed by atoms with Gasteiger partial charge in [0.1, 0.15) is 5.75 Å². The molecule has 102 valence electrons. The summed E-state index contributed by atoms with van der Waals surface area (Å²) >= 11 is 0. The quantitative estimate of drug-likeness (QED) is 0.549. The third-order valence-corrected chi connectivity index (χ3v) is 3.52. The summed E-state index contributed by atoms with van der Waals surface area (Å²) in [6.45, 7) is 7.15. The first-order valence-electron chi connectivity index (χ1n) is 6.94. The summed E-state index contributed by atoms with van der Waals surface area (Å²) in [5.41, 5.74) is 4.10. The second-order valence-electron chi connectivity index (χ2n) is 4.61. The van der Waals surface area contributed by atoms with E-state index >= 15 is 0 Å². The predicted octanol–water partition coefficient (Wildman–Crippen LogP) is 3.42. The first kappa shape index (κ1) is 15.0. The molecule has 1 rings (SSSR count). The van der Waals surface area contributed by atoms with Crippen LogP contribution in [0.25, 0.3) is 0 Å². The van der Waals surface area contributed by atoms with E-state index in [-0.39, 0.29) is 6.04 Å². The maximum Gasteiger partial charge on any atom is 0.124 e. The SMILES string of the molecule is CCOc1ccccc1C(CC(CC)CC)NN. The van der Waals surface area contributed by atoms with Crippen LogP contribution in [-0.2, 0) is 0 Å². The Balaban J connectivity index is 2.86. The lowest BCUT2D eigenvalue weighted by Gasteiger charge is -2.23. The average molecular weight is 250 g/mol. The Bertz CT molecular complexity index is 337. The van der Waals surface area contributed by atoms with Gasteiger partial charge in [-0.1, -0.05) is 44.9 Å². The minimum atomic E-state index is 0.164. The van der Waals surface area contributed by atoms with Crippen LogP contribution in [-0.4, -0.2) is 6.61 Å². The van der Waals surface area contributed by atoms with Gasteiger partial charge in [0.25, 0.3) is 0 Å². The number of para-hydroxylation sites is 1. The molecule has 0 fully saturated rings. The normalized spacial score (nSPS) is 12.7. The fourth-order valence-corrected chi connectivity index (χ4v) is 2.30. The number of benzene rings is 1. The Morgan fingerprint density at radius 2 is 1.83 bits per heavy atom. The Morgan fingerprint density at radius 1 is 1.17 bits per heavy atom. The van der Waals surface area contributed by atoms with E-state index in [9.17, 15) is 0 Å². The maximum absolute atomic E-state index is 5.72. The second-order valence-corrected chi connectivity index (χ2v) is 4.61. The summed E-state index contributed by atoms with van der Waals surface area (Å²) in [6, 6.07) is 8.31. The molecule has 1 aromatic rings. The molecule has 0 aliphatic rings. The number of hydrazine groups is 1. The Hall–Kier alpha value is -1.06. The molecule has 3 N–H and O–H groups in total. The summed E-state index contributed by atoms with van der Waals surface area (Å²) in [4.78, 5) is 0. The van der Waals surface area contributed by atoms with Crippen LogP contribution in [0.4, 0.5) is 0 Å². The van der Waals surface area contributed by atoms with Crippen LogP contribution in [0.15, 0.2) is 24.3 Å². The largest absolute Gasteiger partial charge is 0.494 e. The van der Waals surface area contributed by atoms with Crippen LogP contribution >= 0.6 is 0 Å². The summed E-state index contributed by atoms with van der Waals surface area (Å²) in [5, 5.41) is 0. The number of hydrogen-bond donors (Lipinski definition) is 2. The number of ether oxygens (including phenoxy) is 1. The zero-order chi connectivity index (χ0) is 13.4.